The van der Waals surface area contributed by atoms with Crippen molar-refractivity contribution in [3.63, 3.8) is 0 Å². The summed E-state index contributed by atoms with van der Waals surface area (Å²) in [7, 11) is 2.78. The Bertz CT molecular complexity index is 1040. The first-order valence-electron chi connectivity index (χ1n) is 8.94. The van der Waals surface area contributed by atoms with E-state index in [-0.39, 0.29) is 10.8 Å². The number of hydrogen-bond donors (Lipinski definition) is 1. The lowest BCUT2D eigenvalue weighted by Gasteiger charge is -2.16. The zero-order chi connectivity index (χ0) is 21.5. The van der Waals surface area contributed by atoms with Crippen LogP contribution in [0.2, 0.25) is 5.02 Å². The van der Waals surface area contributed by atoms with Crippen LogP contribution in [0.3, 0.4) is 0 Å². The normalized spacial score (nSPS) is 11.9. The number of hydrogen-bond acceptors (Lipinski definition) is 8. The van der Waals surface area contributed by atoms with E-state index in [4.69, 9.17) is 21.1 Å². The van der Waals surface area contributed by atoms with E-state index in [0.29, 0.717) is 16.4 Å². The summed E-state index contributed by atoms with van der Waals surface area (Å²) >= 11 is 7.78. The first-order valence-corrected chi connectivity index (χ1v) is 10.2. The van der Waals surface area contributed by atoms with Crippen molar-refractivity contribution in [1.82, 2.24) is 4.98 Å². The van der Waals surface area contributed by atoms with Crippen molar-refractivity contribution in [3.05, 3.63) is 58.4 Å². The van der Waals surface area contributed by atoms with Crippen molar-refractivity contribution in [2.75, 3.05) is 19.6 Å². The zero-order valence-corrected chi connectivity index (χ0v) is 18.2. The van der Waals surface area contributed by atoms with Gasteiger partial charge in [-0.25, -0.2) is 9.78 Å². The van der Waals surface area contributed by atoms with Crippen LogP contribution >= 0.6 is 22.9 Å². The van der Waals surface area contributed by atoms with Gasteiger partial charge in [-0.1, -0.05) is 41.9 Å². The van der Waals surface area contributed by atoms with Crippen LogP contribution in [0, 0.1) is 0 Å². The molecule has 3 aromatic rings. The first kappa shape index (κ1) is 21.6. The van der Waals surface area contributed by atoms with Gasteiger partial charge < -0.3 is 14.2 Å². The van der Waals surface area contributed by atoms with Crippen molar-refractivity contribution >= 4 is 40.3 Å². The number of nitrogens with one attached hydrogen (secondary N) is 1. The molecule has 1 atom stereocenters. The Balaban J connectivity index is 1.71. The van der Waals surface area contributed by atoms with Crippen LogP contribution in [0.4, 0.5) is 5.13 Å². The van der Waals surface area contributed by atoms with Crippen LogP contribution in [0.1, 0.15) is 12.5 Å². The summed E-state index contributed by atoms with van der Waals surface area (Å²) in [4.78, 5) is 16.1. The number of nitrogens with zero attached hydrogens (tertiary/aromatic N) is 2. The van der Waals surface area contributed by atoms with E-state index >= 15 is 0 Å². The number of methoxy groups -OCH3 is 2. The number of rotatable bonds is 8. The Morgan fingerprint density at radius 2 is 2.03 bits per heavy atom. The predicted molar refractivity (Wildman–Crippen MR) is 119 cm³/mol. The maximum Gasteiger partial charge on any atom is 0.346 e. The van der Waals surface area contributed by atoms with Gasteiger partial charge in [-0.15, -0.1) is 11.3 Å². The molecule has 30 heavy (non-hydrogen) atoms. The minimum Gasteiger partial charge on any atom is -0.493 e. The second kappa shape index (κ2) is 10.1. The molecule has 0 fully saturated rings. The lowest BCUT2D eigenvalue weighted by atomic mass is 10.2. The molecule has 0 spiro atoms. The molecule has 7 nitrogen and oxygen atoms in total. The average Bonchev–Trinajstić information content (AvgIpc) is 3.24. The average molecular weight is 446 g/mol. The smallest absolute Gasteiger partial charge is 0.346 e. The van der Waals surface area contributed by atoms with E-state index in [0.717, 1.165) is 11.3 Å². The number of thiazole rings is 1. The van der Waals surface area contributed by atoms with Gasteiger partial charge in [-0.2, -0.15) is 5.10 Å². The van der Waals surface area contributed by atoms with Crippen molar-refractivity contribution < 1.29 is 19.0 Å². The number of benzene rings is 2. The second-order valence-electron chi connectivity index (χ2n) is 6.09. The summed E-state index contributed by atoms with van der Waals surface area (Å²) < 4.78 is 15.6. The highest BCUT2D eigenvalue weighted by Crippen LogP contribution is 2.37. The predicted octanol–water partition coefficient (Wildman–Crippen LogP) is 4.86. The van der Waals surface area contributed by atoms with Gasteiger partial charge in [0.2, 0.25) is 5.13 Å². The number of carbonyl (C=O) groups excluding carboxylic acids is 1. The number of anilines is 1. The monoisotopic (exact) mass is 445 g/mol. The Kier molecular flexibility index (Phi) is 7.26. The van der Waals surface area contributed by atoms with E-state index in [1.54, 1.807) is 25.3 Å². The molecule has 0 radical (unpaired) electrons. The summed E-state index contributed by atoms with van der Waals surface area (Å²) in [6, 6.07) is 13.3. The fraction of sp³-hybridized carbons (Fsp3) is 0.190. The number of ether oxygens (including phenoxy) is 3. The Morgan fingerprint density at radius 3 is 2.73 bits per heavy atom. The molecule has 0 aliphatic heterocycles. The van der Waals surface area contributed by atoms with Gasteiger partial charge in [0.1, 0.15) is 0 Å². The lowest BCUT2D eigenvalue weighted by molar-refractivity contribution is -0.147. The third-order valence-corrected chi connectivity index (χ3v) is 5.05. The molecule has 0 amide bonds. The highest BCUT2D eigenvalue weighted by atomic mass is 35.5. The maximum atomic E-state index is 11.6. The van der Waals surface area contributed by atoms with E-state index in [9.17, 15) is 4.79 Å². The SMILES string of the molecule is COC(=O)C(C)Oc1c(Cl)cc(C=NNc2nc(-c3ccccc3)cs2)cc1OC. The van der Waals surface area contributed by atoms with Crippen molar-refractivity contribution in [1.29, 1.82) is 0 Å². The van der Waals surface area contributed by atoms with Crippen molar-refractivity contribution in [2.45, 2.75) is 13.0 Å². The highest BCUT2D eigenvalue weighted by molar-refractivity contribution is 7.14. The molecule has 1 N–H and O–H groups in total. The van der Waals surface area contributed by atoms with Crippen LogP contribution in [0.15, 0.2) is 52.9 Å². The fourth-order valence-electron chi connectivity index (χ4n) is 2.55. The largest absolute Gasteiger partial charge is 0.493 e. The Hall–Kier alpha value is -3.10. The van der Waals surface area contributed by atoms with Gasteiger partial charge in [0.05, 0.1) is 31.2 Å². The molecule has 3 rings (SSSR count). The molecule has 0 aliphatic carbocycles. The molecule has 1 aromatic heterocycles. The molecule has 9 heteroatoms. The van der Waals surface area contributed by atoms with Crippen LogP contribution in [-0.2, 0) is 9.53 Å². The molecular formula is C21H20ClN3O4S. The topological polar surface area (TPSA) is 82.0 Å². The van der Waals surface area contributed by atoms with E-state index < -0.39 is 12.1 Å². The van der Waals surface area contributed by atoms with Crippen molar-refractivity contribution in [2.24, 2.45) is 5.10 Å². The summed E-state index contributed by atoms with van der Waals surface area (Å²) in [6.45, 7) is 1.57. The first-order chi connectivity index (χ1) is 14.5. The minimum atomic E-state index is -0.828. The molecule has 0 aliphatic rings. The van der Waals surface area contributed by atoms with E-state index in [1.165, 1.54) is 25.6 Å². The van der Waals surface area contributed by atoms with Gasteiger partial charge in [-0.3, -0.25) is 5.43 Å². The van der Waals surface area contributed by atoms with Gasteiger partial charge in [0, 0.05) is 10.9 Å². The number of hydrazone groups is 1. The van der Waals surface area contributed by atoms with Gasteiger partial charge >= 0.3 is 5.97 Å². The summed E-state index contributed by atoms with van der Waals surface area (Å²) in [5.74, 6) is 0.121. The Labute approximate surface area is 183 Å². The fourth-order valence-corrected chi connectivity index (χ4v) is 3.48. The highest BCUT2D eigenvalue weighted by Gasteiger charge is 2.20. The summed E-state index contributed by atoms with van der Waals surface area (Å²) in [5.41, 5.74) is 5.51. The molecule has 0 saturated carbocycles. The number of esters is 1. The van der Waals surface area contributed by atoms with Gasteiger partial charge in [-0.05, 0) is 24.6 Å². The molecule has 1 unspecified atom stereocenters. The molecule has 0 saturated heterocycles. The van der Waals surface area contributed by atoms with E-state index in [2.05, 4.69) is 20.2 Å². The minimum absolute atomic E-state index is 0.259. The third kappa shape index (κ3) is 5.28. The molecule has 2 aromatic carbocycles. The molecule has 1 heterocycles. The number of halogens is 1. The zero-order valence-electron chi connectivity index (χ0n) is 16.6. The summed E-state index contributed by atoms with van der Waals surface area (Å²) in [5, 5.41) is 7.12. The number of aromatic nitrogens is 1. The van der Waals surface area contributed by atoms with Gasteiger partial charge in [0.15, 0.2) is 17.6 Å². The quantitative estimate of drug-likeness (QED) is 0.303. The van der Waals surface area contributed by atoms with Gasteiger partial charge in [0.25, 0.3) is 0 Å². The maximum absolute atomic E-state index is 11.6. The summed E-state index contributed by atoms with van der Waals surface area (Å²) in [6.07, 6.45) is 0.761. The molecule has 156 valence electrons. The second-order valence-corrected chi connectivity index (χ2v) is 7.36. The van der Waals surface area contributed by atoms with Crippen molar-refractivity contribution in [3.8, 4) is 22.8 Å². The Morgan fingerprint density at radius 1 is 1.27 bits per heavy atom. The molecule has 0 bridgehead atoms. The lowest BCUT2D eigenvalue weighted by Crippen LogP contribution is -2.25. The number of carbonyl (C=O) groups is 1. The standard InChI is InChI=1S/C21H20ClN3O4S/c1-13(20(26)28-3)29-19-16(22)9-14(10-18(19)27-2)11-23-25-21-24-17(12-30-21)15-7-5-4-6-8-15/h4-13H,1-3H3,(H,24,25). The molecular weight excluding hydrogens is 426 g/mol. The van der Waals surface area contributed by atoms with Crippen LogP contribution in [-0.4, -0.2) is 37.5 Å². The van der Waals surface area contributed by atoms with Crippen LogP contribution < -0.4 is 14.9 Å². The third-order valence-electron chi connectivity index (χ3n) is 4.03. The van der Waals surface area contributed by atoms with Crippen LogP contribution in [0.5, 0.6) is 11.5 Å². The van der Waals surface area contributed by atoms with E-state index in [1.807, 2.05) is 35.7 Å². The van der Waals surface area contributed by atoms with Crippen LogP contribution in [0.25, 0.3) is 11.3 Å².